The highest BCUT2D eigenvalue weighted by Crippen LogP contribution is 2.23. The van der Waals surface area contributed by atoms with Gasteiger partial charge in [-0.1, -0.05) is 17.7 Å². The predicted octanol–water partition coefficient (Wildman–Crippen LogP) is 2.73. The normalized spacial score (nSPS) is 19.3. The summed E-state index contributed by atoms with van der Waals surface area (Å²) in [5.41, 5.74) is 1.72. The number of rotatable bonds is 3. The van der Waals surface area contributed by atoms with Gasteiger partial charge in [0.2, 0.25) is 5.91 Å². The van der Waals surface area contributed by atoms with Crippen molar-refractivity contribution in [1.29, 1.82) is 0 Å². The van der Waals surface area contributed by atoms with Crippen LogP contribution in [0.4, 0.5) is 5.69 Å². The molecule has 1 aliphatic rings. The highest BCUT2D eigenvalue weighted by molar-refractivity contribution is 6.31. The van der Waals surface area contributed by atoms with E-state index in [-0.39, 0.29) is 5.91 Å². The molecule has 92 valence electrons. The summed E-state index contributed by atoms with van der Waals surface area (Å²) < 4.78 is 0. The molecule has 0 aliphatic carbocycles. The van der Waals surface area contributed by atoms with Gasteiger partial charge in [0.1, 0.15) is 0 Å². The maximum Gasteiger partial charge on any atom is 0.225 e. The predicted molar refractivity (Wildman–Crippen MR) is 70.5 cm³/mol. The minimum absolute atomic E-state index is 0.0507. The minimum atomic E-state index is 0.0507. The third-order valence-corrected chi connectivity index (χ3v) is 3.55. The van der Waals surface area contributed by atoms with Gasteiger partial charge in [-0.25, -0.2) is 0 Å². The van der Waals surface area contributed by atoms with Gasteiger partial charge in [0.15, 0.2) is 0 Å². The summed E-state index contributed by atoms with van der Waals surface area (Å²) in [7, 11) is 0. The first-order valence-electron chi connectivity index (χ1n) is 5.95. The van der Waals surface area contributed by atoms with E-state index in [1.54, 1.807) is 0 Å². The second-order valence-electron chi connectivity index (χ2n) is 4.46. The average molecular weight is 253 g/mol. The summed E-state index contributed by atoms with van der Waals surface area (Å²) in [5, 5.41) is 6.91. The van der Waals surface area contributed by atoms with E-state index < -0.39 is 0 Å². The summed E-state index contributed by atoms with van der Waals surface area (Å²) in [5.74, 6) is 0.0507. The Labute approximate surface area is 107 Å². The zero-order valence-electron chi connectivity index (χ0n) is 9.92. The Kier molecular flexibility index (Phi) is 4.02. The van der Waals surface area contributed by atoms with Gasteiger partial charge in [0.25, 0.3) is 0 Å². The van der Waals surface area contributed by atoms with E-state index in [1.165, 1.54) is 0 Å². The molecule has 3 nitrogen and oxygen atoms in total. The molecule has 0 aromatic heterocycles. The molecule has 0 spiro atoms. The summed E-state index contributed by atoms with van der Waals surface area (Å²) in [6.45, 7) is 2.93. The first-order chi connectivity index (χ1) is 8.16. The van der Waals surface area contributed by atoms with Crippen molar-refractivity contribution in [2.45, 2.75) is 32.2 Å². The van der Waals surface area contributed by atoms with Gasteiger partial charge in [-0.3, -0.25) is 4.79 Å². The summed E-state index contributed by atoms with van der Waals surface area (Å²) >= 11 is 6.00. The van der Waals surface area contributed by atoms with Crippen molar-refractivity contribution in [3.8, 4) is 0 Å². The lowest BCUT2D eigenvalue weighted by Gasteiger charge is -2.12. The number of nitrogens with one attached hydrogen (secondary N) is 2. The molecular formula is C13H17ClN2O. The van der Waals surface area contributed by atoms with E-state index in [2.05, 4.69) is 10.6 Å². The summed E-state index contributed by atoms with van der Waals surface area (Å²) in [6.07, 6.45) is 2.78. The molecule has 4 heteroatoms. The molecule has 0 radical (unpaired) electrons. The lowest BCUT2D eigenvalue weighted by Crippen LogP contribution is -2.27. The Morgan fingerprint density at radius 1 is 1.59 bits per heavy atom. The number of carbonyl (C=O) groups is 1. The molecule has 1 saturated heterocycles. The fourth-order valence-electron chi connectivity index (χ4n) is 2.10. The van der Waals surface area contributed by atoms with Gasteiger partial charge in [-0.05, 0) is 44.0 Å². The van der Waals surface area contributed by atoms with Crippen molar-refractivity contribution in [2.75, 3.05) is 11.9 Å². The Morgan fingerprint density at radius 2 is 2.41 bits per heavy atom. The van der Waals surface area contributed by atoms with Crippen LogP contribution in [-0.4, -0.2) is 18.5 Å². The van der Waals surface area contributed by atoms with Gasteiger partial charge in [0.05, 0.1) is 0 Å². The summed E-state index contributed by atoms with van der Waals surface area (Å²) in [6, 6.07) is 5.87. The zero-order chi connectivity index (χ0) is 12.3. The van der Waals surface area contributed by atoms with E-state index in [4.69, 9.17) is 11.6 Å². The molecule has 1 unspecified atom stereocenters. The van der Waals surface area contributed by atoms with Gasteiger partial charge < -0.3 is 10.6 Å². The number of halogens is 1. The van der Waals surface area contributed by atoms with Crippen molar-refractivity contribution in [3.05, 3.63) is 28.8 Å². The van der Waals surface area contributed by atoms with Crippen LogP contribution in [0.15, 0.2) is 18.2 Å². The van der Waals surface area contributed by atoms with Gasteiger partial charge in [-0.2, -0.15) is 0 Å². The SMILES string of the molecule is Cc1c(Cl)cccc1NC(=O)CC1CCCN1. The van der Waals surface area contributed by atoms with Crippen LogP contribution in [-0.2, 0) is 4.79 Å². The van der Waals surface area contributed by atoms with Crippen LogP contribution in [0.5, 0.6) is 0 Å². The fraction of sp³-hybridized carbons (Fsp3) is 0.462. The Balaban J connectivity index is 1.95. The van der Waals surface area contributed by atoms with Crippen LogP contribution in [0.1, 0.15) is 24.8 Å². The number of carbonyl (C=O) groups excluding carboxylic acids is 1. The van der Waals surface area contributed by atoms with Crippen molar-refractivity contribution < 1.29 is 4.79 Å². The minimum Gasteiger partial charge on any atom is -0.326 e. The smallest absolute Gasteiger partial charge is 0.225 e. The van der Waals surface area contributed by atoms with E-state index in [0.29, 0.717) is 17.5 Å². The third kappa shape index (κ3) is 3.20. The maximum atomic E-state index is 11.8. The molecule has 1 amide bonds. The molecule has 1 atom stereocenters. The van der Waals surface area contributed by atoms with Gasteiger partial charge in [0, 0.05) is 23.2 Å². The topological polar surface area (TPSA) is 41.1 Å². The Bertz CT molecular complexity index is 414. The second-order valence-corrected chi connectivity index (χ2v) is 4.87. The molecule has 2 rings (SSSR count). The van der Waals surface area contributed by atoms with E-state index >= 15 is 0 Å². The zero-order valence-corrected chi connectivity index (χ0v) is 10.7. The second kappa shape index (κ2) is 5.52. The average Bonchev–Trinajstić information content (AvgIpc) is 2.77. The Hall–Kier alpha value is -1.06. The first kappa shape index (κ1) is 12.4. The van der Waals surface area contributed by atoms with E-state index in [0.717, 1.165) is 30.6 Å². The summed E-state index contributed by atoms with van der Waals surface area (Å²) in [4.78, 5) is 11.8. The monoisotopic (exact) mass is 252 g/mol. The molecule has 1 fully saturated rings. The number of benzene rings is 1. The lowest BCUT2D eigenvalue weighted by atomic mass is 10.1. The maximum absolute atomic E-state index is 11.8. The molecule has 0 saturated carbocycles. The highest BCUT2D eigenvalue weighted by Gasteiger charge is 2.18. The van der Waals surface area contributed by atoms with Crippen molar-refractivity contribution in [2.24, 2.45) is 0 Å². The number of hydrogen-bond acceptors (Lipinski definition) is 2. The molecule has 2 N–H and O–H groups in total. The van der Waals surface area contributed by atoms with Crippen molar-refractivity contribution in [3.63, 3.8) is 0 Å². The Morgan fingerprint density at radius 3 is 3.12 bits per heavy atom. The molecule has 1 heterocycles. The largest absolute Gasteiger partial charge is 0.326 e. The van der Waals surface area contributed by atoms with Crippen LogP contribution in [0.3, 0.4) is 0 Å². The fourth-order valence-corrected chi connectivity index (χ4v) is 2.27. The van der Waals surface area contributed by atoms with Crippen LogP contribution in [0.25, 0.3) is 0 Å². The van der Waals surface area contributed by atoms with Gasteiger partial charge in [-0.15, -0.1) is 0 Å². The highest BCUT2D eigenvalue weighted by atomic mass is 35.5. The van der Waals surface area contributed by atoms with Crippen LogP contribution in [0.2, 0.25) is 5.02 Å². The number of hydrogen-bond donors (Lipinski definition) is 2. The first-order valence-corrected chi connectivity index (χ1v) is 6.33. The third-order valence-electron chi connectivity index (χ3n) is 3.14. The molecule has 0 bridgehead atoms. The van der Waals surface area contributed by atoms with Crippen LogP contribution in [0, 0.1) is 6.92 Å². The molecular weight excluding hydrogens is 236 g/mol. The standard InChI is InChI=1S/C13H17ClN2O/c1-9-11(14)5-2-6-12(9)16-13(17)8-10-4-3-7-15-10/h2,5-6,10,15H,3-4,7-8H2,1H3,(H,16,17). The van der Waals surface area contributed by atoms with Crippen LogP contribution >= 0.6 is 11.6 Å². The molecule has 1 aliphatic heterocycles. The van der Waals surface area contributed by atoms with Crippen molar-refractivity contribution in [1.82, 2.24) is 5.32 Å². The lowest BCUT2D eigenvalue weighted by molar-refractivity contribution is -0.116. The molecule has 1 aromatic rings. The van der Waals surface area contributed by atoms with E-state index in [1.807, 2.05) is 25.1 Å². The molecule has 17 heavy (non-hydrogen) atoms. The number of anilines is 1. The number of amides is 1. The quantitative estimate of drug-likeness (QED) is 0.869. The molecule has 1 aromatic carbocycles. The van der Waals surface area contributed by atoms with Crippen molar-refractivity contribution >= 4 is 23.2 Å². The van der Waals surface area contributed by atoms with Crippen LogP contribution < -0.4 is 10.6 Å². The van der Waals surface area contributed by atoms with E-state index in [9.17, 15) is 4.79 Å². The van der Waals surface area contributed by atoms with Gasteiger partial charge >= 0.3 is 0 Å².